The molecule has 0 radical (unpaired) electrons. The lowest BCUT2D eigenvalue weighted by Crippen LogP contribution is -2.27. The highest BCUT2D eigenvalue weighted by Crippen LogP contribution is 1.98. The van der Waals surface area contributed by atoms with Gasteiger partial charge in [0, 0.05) is 37.7 Å². The lowest BCUT2D eigenvalue weighted by molar-refractivity contribution is -0.116. The number of aromatic nitrogens is 2. The Hall–Kier alpha value is -1.63. The van der Waals surface area contributed by atoms with Crippen LogP contribution in [0.2, 0.25) is 0 Å². The van der Waals surface area contributed by atoms with E-state index in [1.807, 2.05) is 0 Å². The molecule has 1 amide bonds. The van der Waals surface area contributed by atoms with Crippen molar-refractivity contribution in [2.45, 2.75) is 0 Å². The van der Waals surface area contributed by atoms with Crippen molar-refractivity contribution in [2.75, 3.05) is 18.6 Å². The second kappa shape index (κ2) is 5.62. The first-order chi connectivity index (χ1) is 7.87. The van der Waals surface area contributed by atoms with Crippen LogP contribution in [-0.2, 0) is 21.7 Å². The highest BCUT2D eigenvalue weighted by atomic mass is 32.2. The predicted octanol–water partition coefficient (Wildman–Crippen LogP) is -0.406. The van der Waals surface area contributed by atoms with E-state index >= 15 is 0 Å². The SMILES string of the molecule is Cn1cc(C=CC(=O)NCCS(C)(=O)=O)cn1. The van der Waals surface area contributed by atoms with E-state index in [1.54, 1.807) is 30.2 Å². The van der Waals surface area contributed by atoms with Crippen LogP contribution in [-0.4, -0.2) is 42.7 Å². The van der Waals surface area contributed by atoms with Crippen LogP contribution in [0.25, 0.3) is 6.08 Å². The number of nitrogens with zero attached hydrogens (tertiary/aromatic N) is 2. The van der Waals surface area contributed by atoms with Gasteiger partial charge in [-0.15, -0.1) is 0 Å². The van der Waals surface area contributed by atoms with Crippen molar-refractivity contribution in [1.29, 1.82) is 0 Å². The molecule has 17 heavy (non-hydrogen) atoms. The predicted molar refractivity (Wildman–Crippen MR) is 65.0 cm³/mol. The molecule has 0 fully saturated rings. The highest BCUT2D eigenvalue weighted by Gasteiger charge is 2.02. The van der Waals surface area contributed by atoms with Crippen molar-refractivity contribution >= 4 is 21.8 Å². The summed E-state index contributed by atoms with van der Waals surface area (Å²) in [7, 11) is -1.25. The van der Waals surface area contributed by atoms with Crippen molar-refractivity contribution in [1.82, 2.24) is 15.1 Å². The number of carbonyl (C=O) groups is 1. The average Bonchev–Trinajstić information content (AvgIpc) is 2.59. The number of nitrogens with one attached hydrogen (secondary N) is 1. The van der Waals surface area contributed by atoms with Crippen molar-refractivity contribution in [3.05, 3.63) is 24.0 Å². The molecular formula is C10H15N3O3S. The molecule has 0 atom stereocenters. The van der Waals surface area contributed by atoms with Gasteiger partial charge in [0.2, 0.25) is 5.91 Å². The Balaban J connectivity index is 2.37. The second-order valence-electron chi connectivity index (χ2n) is 3.70. The monoisotopic (exact) mass is 257 g/mol. The third-order valence-electron chi connectivity index (χ3n) is 1.92. The maximum atomic E-state index is 11.3. The van der Waals surface area contributed by atoms with E-state index in [1.165, 1.54) is 6.08 Å². The van der Waals surface area contributed by atoms with Gasteiger partial charge in [-0.1, -0.05) is 0 Å². The fourth-order valence-electron chi connectivity index (χ4n) is 1.12. The first kappa shape index (κ1) is 13.4. The Morgan fingerprint density at radius 2 is 2.29 bits per heavy atom. The minimum atomic E-state index is -3.04. The van der Waals surface area contributed by atoms with Gasteiger partial charge in [-0.3, -0.25) is 9.48 Å². The van der Waals surface area contributed by atoms with E-state index in [0.717, 1.165) is 11.8 Å². The molecule has 0 unspecified atom stereocenters. The molecule has 1 heterocycles. The molecule has 0 saturated carbocycles. The van der Waals surface area contributed by atoms with Crippen LogP contribution in [0.5, 0.6) is 0 Å². The molecule has 7 heteroatoms. The summed E-state index contributed by atoms with van der Waals surface area (Å²) in [6, 6.07) is 0. The maximum Gasteiger partial charge on any atom is 0.244 e. The van der Waals surface area contributed by atoms with Gasteiger partial charge in [0.05, 0.1) is 11.9 Å². The lowest BCUT2D eigenvalue weighted by Gasteiger charge is -1.99. The van der Waals surface area contributed by atoms with Crippen LogP contribution in [0, 0.1) is 0 Å². The highest BCUT2D eigenvalue weighted by molar-refractivity contribution is 7.90. The number of amides is 1. The van der Waals surface area contributed by atoms with Gasteiger partial charge >= 0.3 is 0 Å². The number of sulfone groups is 1. The Morgan fingerprint density at radius 3 is 2.82 bits per heavy atom. The first-order valence-corrected chi connectivity index (χ1v) is 7.05. The summed E-state index contributed by atoms with van der Waals surface area (Å²) in [4.78, 5) is 11.3. The van der Waals surface area contributed by atoms with Crippen molar-refractivity contribution < 1.29 is 13.2 Å². The number of aryl methyl sites for hydroxylation is 1. The first-order valence-electron chi connectivity index (χ1n) is 4.99. The third-order valence-corrected chi connectivity index (χ3v) is 2.87. The lowest BCUT2D eigenvalue weighted by atomic mass is 10.3. The molecule has 1 aromatic heterocycles. The molecule has 0 bridgehead atoms. The molecule has 94 valence electrons. The van der Waals surface area contributed by atoms with Gasteiger partial charge in [-0.2, -0.15) is 5.10 Å². The van der Waals surface area contributed by atoms with Gasteiger partial charge in [-0.25, -0.2) is 8.42 Å². The zero-order chi connectivity index (χ0) is 12.9. The minimum absolute atomic E-state index is 0.0561. The van der Waals surface area contributed by atoms with Crippen molar-refractivity contribution in [3.63, 3.8) is 0 Å². The fourth-order valence-corrected chi connectivity index (χ4v) is 1.59. The van der Waals surface area contributed by atoms with E-state index in [4.69, 9.17) is 0 Å². The Kier molecular flexibility index (Phi) is 4.45. The Labute approximate surface area is 100 Å². The van der Waals surface area contributed by atoms with Crippen molar-refractivity contribution in [2.24, 2.45) is 7.05 Å². The molecule has 0 aromatic carbocycles. The number of hydrogen-bond acceptors (Lipinski definition) is 4. The number of hydrogen-bond donors (Lipinski definition) is 1. The van der Waals surface area contributed by atoms with Gasteiger partial charge in [0.25, 0.3) is 0 Å². The molecule has 6 nitrogen and oxygen atoms in total. The molecule has 1 rings (SSSR count). The maximum absolute atomic E-state index is 11.3. The van der Waals surface area contributed by atoms with Crippen LogP contribution in [0.1, 0.15) is 5.56 Å². The van der Waals surface area contributed by atoms with Gasteiger partial charge < -0.3 is 5.32 Å². The topological polar surface area (TPSA) is 81.1 Å². The molecule has 0 aliphatic rings. The molecule has 0 aliphatic carbocycles. The van der Waals surface area contributed by atoms with Gasteiger partial charge in [-0.05, 0) is 6.08 Å². The smallest absolute Gasteiger partial charge is 0.244 e. The van der Waals surface area contributed by atoms with Gasteiger partial charge in [0.15, 0.2) is 0 Å². The summed E-state index contributed by atoms with van der Waals surface area (Å²) >= 11 is 0. The molecule has 0 aliphatic heterocycles. The summed E-state index contributed by atoms with van der Waals surface area (Å²) in [5.41, 5.74) is 0.811. The van der Waals surface area contributed by atoms with Crippen LogP contribution >= 0.6 is 0 Å². The molecule has 1 aromatic rings. The molecular weight excluding hydrogens is 242 g/mol. The number of rotatable bonds is 5. The van der Waals surface area contributed by atoms with Crippen LogP contribution < -0.4 is 5.32 Å². The molecule has 0 spiro atoms. The van der Waals surface area contributed by atoms with E-state index in [0.29, 0.717) is 0 Å². The van der Waals surface area contributed by atoms with Crippen LogP contribution in [0.4, 0.5) is 0 Å². The summed E-state index contributed by atoms with van der Waals surface area (Å²) in [5, 5.41) is 6.43. The van der Waals surface area contributed by atoms with Gasteiger partial charge in [0.1, 0.15) is 9.84 Å². The third kappa shape index (κ3) is 5.86. The van der Waals surface area contributed by atoms with E-state index in [-0.39, 0.29) is 18.2 Å². The standard InChI is InChI=1S/C10H15N3O3S/c1-13-8-9(7-12-13)3-4-10(14)11-5-6-17(2,15)16/h3-4,7-8H,5-6H2,1-2H3,(H,11,14). The quantitative estimate of drug-likeness (QED) is 0.727. The second-order valence-corrected chi connectivity index (χ2v) is 5.96. The summed E-state index contributed by atoms with van der Waals surface area (Å²) in [6.07, 6.45) is 7.48. The van der Waals surface area contributed by atoms with E-state index in [2.05, 4.69) is 10.4 Å². The fraction of sp³-hybridized carbons (Fsp3) is 0.400. The summed E-state index contributed by atoms with van der Waals surface area (Å²) < 4.78 is 23.3. The van der Waals surface area contributed by atoms with Crippen LogP contribution in [0.3, 0.4) is 0 Å². The average molecular weight is 257 g/mol. The normalized spacial score (nSPS) is 11.9. The van der Waals surface area contributed by atoms with Crippen molar-refractivity contribution in [3.8, 4) is 0 Å². The molecule has 0 saturated heterocycles. The Bertz CT molecular complexity index is 517. The number of carbonyl (C=O) groups excluding carboxylic acids is 1. The van der Waals surface area contributed by atoms with E-state index in [9.17, 15) is 13.2 Å². The van der Waals surface area contributed by atoms with Crippen LogP contribution in [0.15, 0.2) is 18.5 Å². The minimum Gasteiger partial charge on any atom is -0.352 e. The zero-order valence-electron chi connectivity index (χ0n) is 9.75. The molecule has 1 N–H and O–H groups in total. The Morgan fingerprint density at radius 1 is 1.59 bits per heavy atom. The largest absolute Gasteiger partial charge is 0.352 e. The summed E-state index contributed by atoms with van der Waals surface area (Å²) in [5.74, 6) is -0.378. The zero-order valence-corrected chi connectivity index (χ0v) is 10.6. The summed E-state index contributed by atoms with van der Waals surface area (Å²) in [6.45, 7) is 0.120. The van der Waals surface area contributed by atoms with E-state index < -0.39 is 9.84 Å².